The number of hydrogen-bond acceptors (Lipinski definition) is 5. The molecule has 0 amide bonds. The molecular formula is C12H25NO5S. The van der Waals surface area contributed by atoms with E-state index in [-0.39, 0.29) is 6.54 Å². The van der Waals surface area contributed by atoms with Crippen LogP contribution in [-0.4, -0.2) is 55.8 Å². The van der Waals surface area contributed by atoms with Gasteiger partial charge in [-0.3, -0.25) is 9.35 Å². The first-order chi connectivity index (χ1) is 8.86. The summed E-state index contributed by atoms with van der Waals surface area (Å²) in [6.07, 6.45) is 3.81. The van der Waals surface area contributed by atoms with Crippen molar-refractivity contribution in [2.75, 3.05) is 26.7 Å². The second-order valence-corrected chi connectivity index (χ2v) is 6.13. The maximum Gasteiger partial charge on any atom is 0.327 e. The Labute approximate surface area is 115 Å². The molecule has 0 saturated carbocycles. The summed E-state index contributed by atoms with van der Waals surface area (Å²) in [6, 6.07) is 0. The maximum atomic E-state index is 11.5. The summed E-state index contributed by atoms with van der Waals surface area (Å²) < 4.78 is 36.1. The Hall–Kier alpha value is -0.660. The average molecular weight is 295 g/mol. The molecule has 0 heterocycles. The van der Waals surface area contributed by atoms with Crippen LogP contribution in [0, 0.1) is 0 Å². The molecule has 0 bridgehead atoms. The van der Waals surface area contributed by atoms with Crippen molar-refractivity contribution < 1.29 is 22.5 Å². The van der Waals surface area contributed by atoms with Gasteiger partial charge < -0.3 is 9.64 Å². The summed E-state index contributed by atoms with van der Waals surface area (Å²) in [5.74, 6) is -0.916. The van der Waals surface area contributed by atoms with E-state index in [0.29, 0.717) is 13.1 Å². The molecule has 0 radical (unpaired) electrons. The molecule has 0 spiro atoms. The molecule has 0 rings (SSSR count). The number of ether oxygens (including phenoxy) is 1. The van der Waals surface area contributed by atoms with Crippen LogP contribution < -0.4 is 0 Å². The summed E-state index contributed by atoms with van der Waals surface area (Å²) in [5.41, 5.74) is 0. The molecule has 0 saturated heterocycles. The van der Waals surface area contributed by atoms with E-state index in [1.54, 1.807) is 0 Å². The van der Waals surface area contributed by atoms with Crippen LogP contribution in [0.15, 0.2) is 0 Å². The van der Waals surface area contributed by atoms with Gasteiger partial charge >= 0.3 is 5.97 Å². The van der Waals surface area contributed by atoms with E-state index in [1.165, 1.54) is 0 Å². The molecule has 7 heteroatoms. The fourth-order valence-corrected chi connectivity index (χ4v) is 2.45. The Morgan fingerprint density at radius 1 is 1.21 bits per heavy atom. The predicted octanol–water partition coefficient (Wildman–Crippen LogP) is 1.32. The zero-order valence-corrected chi connectivity index (χ0v) is 12.8. The second kappa shape index (κ2) is 9.28. The molecule has 1 N–H and O–H groups in total. The van der Waals surface area contributed by atoms with Gasteiger partial charge in [0.05, 0.1) is 7.11 Å². The molecular weight excluding hydrogens is 270 g/mol. The third-order valence-corrected chi connectivity index (χ3v) is 3.96. The summed E-state index contributed by atoms with van der Waals surface area (Å²) in [7, 11) is -3.32. The van der Waals surface area contributed by atoms with Crippen LogP contribution in [-0.2, 0) is 19.6 Å². The number of esters is 1. The van der Waals surface area contributed by atoms with Crippen molar-refractivity contribution in [1.82, 2.24) is 4.90 Å². The van der Waals surface area contributed by atoms with Gasteiger partial charge in [0.15, 0.2) is 5.25 Å². The van der Waals surface area contributed by atoms with Gasteiger partial charge in [0.25, 0.3) is 10.1 Å². The zero-order chi connectivity index (χ0) is 14.9. The van der Waals surface area contributed by atoms with Gasteiger partial charge in [-0.1, -0.05) is 26.7 Å². The molecule has 0 aromatic heterocycles. The lowest BCUT2D eigenvalue weighted by Crippen LogP contribution is -2.43. The summed E-state index contributed by atoms with van der Waals surface area (Å²) in [5, 5.41) is -1.52. The number of carbonyl (C=O) groups excluding carboxylic acids is 1. The Morgan fingerprint density at radius 3 is 2.00 bits per heavy atom. The minimum atomic E-state index is -4.44. The van der Waals surface area contributed by atoms with Gasteiger partial charge in [0, 0.05) is 6.54 Å². The fraction of sp³-hybridized carbons (Fsp3) is 0.917. The lowest BCUT2D eigenvalue weighted by molar-refractivity contribution is -0.140. The lowest BCUT2D eigenvalue weighted by atomic mass is 10.2. The Morgan fingerprint density at radius 2 is 1.68 bits per heavy atom. The highest BCUT2D eigenvalue weighted by Gasteiger charge is 2.33. The molecule has 19 heavy (non-hydrogen) atoms. The monoisotopic (exact) mass is 295 g/mol. The van der Waals surface area contributed by atoms with Crippen LogP contribution in [0.25, 0.3) is 0 Å². The number of unbranched alkanes of at least 4 members (excludes halogenated alkanes) is 2. The van der Waals surface area contributed by atoms with Crippen LogP contribution in [0.1, 0.15) is 39.5 Å². The lowest BCUT2D eigenvalue weighted by Gasteiger charge is -2.24. The summed E-state index contributed by atoms with van der Waals surface area (Å²) in [6.45, 7) is 5.47. The van der Waals surface area contributed by atoms with Gasteiger partial charge in [-0.25, -0.2) is 0 Å². The summed E-state index contributed by atoms with van der Waals surface area (Å²) >= 11 is 0. The van der Waals surface area contributed by atoms with Gasteiger partial charge in [-0.05, 0) is 25.9 Å². The van der Waals surface area contributed by atoms with E-state index in [2.05, 4.69) is 4.74 Å². The molecule has 0 aliphatic heterocycles. The molecule has 0 aromatic rings. The molecule has 0 fully saturated rings. The smallest absolute Gasteiger partial charge is 0.327 e. The highest BCUT2D eigenvalue weighted by Crippen LogP contribution is 2.08. The molecule has 6 nitrogen and oxygen atoms in total. The zero-order valence-electron chi connectivity index (χ0n) is 12.0. The van der Waals surface area contributed by atoms with Crippen LogP contribution >= 0.6 is 0 Å². The molecule has 1 atom stereocenters. The highest BCUT2D eigenvalue weighted by molar-refractivity contribution is 7.87. The normalized spacial score (nSPS) is 13.5. The van der Waals surface area contributed by atoms with E-state index >= 15 is 0 Å². The van der Waals surface area contributed by atoms with E-state index in [1.807, 2.05) is 18.7 Å². The first kappa shape index (κ1) is 18.3. The molecule has 114 valence electrons. The van der Waals surface area contributed by atoms with E-state index in [0.717, 1.165) is 32.8 Å². The SMILES string of the molecule is CCCCN(CCCC)CC(C(=O)OC)S(=O)(=O)O. The number of methoxy groups -OCH3 is 1. The Kier molecular flexibility index (Phi) is 8.95. The van der Waals surface area contributed by atoms with Gasteiger partial charge in [0.2, 0.25) is 0 Å². The molecule has 1 unspecified atom stereocenters. The van der Waals surface area contributed by atoms with Gasteiger partial charge in [-0.2, -0.15) is 8.42 Å². The first-order valence-electron chi connectivity index (χ1n) is 6.63. The first-order valence-corrected chi connectivity index (χ1v) is 8.13. The Bertz CT molecular complexity index is 347. The minimum absolute atomic E-state index is 0.0223. The maximum absolute atomic E-state index is 11.5. The van der Waals surface area contributed by atoms with Gasteiger partial charge in [-0.15, -0.1) is 0 Å². The van der Waals surface area contributed by atoms with Crippen molar-refractivity contribution in [3.8, 4) is 0 Å². The standard InChI is InChI=1S/C12H25NO5S/c1-4-6-8-13(9-7-5-2)10-11(12(14)18-3)19(15,16)17/h11H,4-10H2,1-3H3,(H,15,16,17). The predicted molar refractivity (Wildman–Crippen MR) is 73.6 cm³/mol. The molecule has 0 aliphatic carbocycles. The van der Waals surface area contributed by atoms with Crippen LogP contribution in [0.4, 0.5) is 0 Å². The van der Waals surface area contributed by atoms with Crippen molar-refractivity contribution in [2.24, 2.45) is 0 Å². The minimum Gasteiger partial charge on any atom is -0.468 e. The number of nitrogens with zero attached hydrogens (tertiary/aromatic N) is 1. The van der Waals surface area contributed by atoms with Crippen molar-refractivity contribution in [3.05, 3.63) is 0 Å². The fourth-order valence-electron chi connectivity index (χ4n) is 1.71. The number of hydrogen-bond donors (Lipinski definition) is 1. The summed E-state index contributed by atoms with van der Waals surface area (Å²) in [4.78, 5) is 13.3. The second-order valence-electron chi connectivity index (χ2n) is 4.53. The molecule has 0 aromatic carbocycles. The number of rotatable bonds is 10. The van der Waals surface area contributed by atoms with Crippen molar-refractivity contribution in [3.63, 3.8) is 0 Å². The third kappa shape index (κ3) is 7.49. The van der Waals surface area contributed by atoms with E-state index < -0.39 is 21.3 Å². The largest absolute Gasteiger partial charge is 0.468 e. The van der Waals surface area contributed by atoms with E-state index in [9.17, 15) is 13.2 Å². The van der Waals surface area contributed by atoms with Gasteiger partial charge in [0.1, 0.15) is 0 Å². The van der Waals surface area contributed by atoms with E-state index in [4.69, 9.17) is 4.55 Å². The molecule has 0 aliphatic rings. The van der Waals surface area contributed by atoms with Crippen molar-refractivity contribution in [1.29, 1.82) is 0 Å². The van der Waals surface area contributed by atoms with Crippen LogP contribution in [0.2, 0.25) is 0 Å². The van der Waals surface area contributed by atoms with Crippen LogP contribution in [0.5, 0.6) is 0 Å². The van der Waals surface area contributed by atoms with Crippen molar-refractivity contribution >= 4 is 16.1 Å². The number of carbonyl (C=O) groups is 1. The van der Waals surface area contributed by atoms with Crippen molar-refractivity contribution in [2.45, 2.75) is 44.8 Å². The topological polar surface area (TPSA) is 83.9 Å². The average Bonchev–Trinajstić information content (AvgIpc) is 2.35. The quantitative estimate of drug-likeness (QED) is 0.483. The third-order valence-electron chi connectivity index (χ3n) is 2.90. The Balaban J connectivity index is 4.76. The highest BCUT2D eigenvalue weighted by atomic mass is 32.2. The van der Waals surface area contributed by atoms with Crippen LogP contribution in [0.3, 0.4) is 0 Å².